The number of rotatable bonds is 6. The minimum absolute atomic E-state index is 0.243. The Balaban J connectivity index is 1.61. The number of pyridine rings is 1. The number of nitriles is 1. The summed E-state index contributed by atoms with van der Waals surface area (Å²) >= 11 is 6.22. The summed E-state index contributed by atoms with van der Waals surface area (Å²) in [5.41, 5.74) is 3.33. The van der Waals surface area contributed by atoms with E-state index in [2.05, 4.69) is 16.4 Å². The van der Waals surface area contributed by atoms with Crippen molar-refractivity contribution in [3.8, 4) is 6.07 Å². The summed E-state index contributed by atoms with van der Waals surface area (Å²) in [5, 5.41) is 12.3. The van der Waals surface area contributed by atoms with E-state index in [4.69, 9.17) is 21.6 Å². The van der Waals surface area contributed by atoms with Crippen molar-refractivity contribution < 1.29 is 9.53 Å². The van der Waals surface area contributed by atoms with Gasteiger partial charge < -0.3 is 10.1 Å². The van der Waals surface area contributed by atoms with Gasteiger partial charge in [-0.3, -0.25) is 4.79 Å². The second-order valence-electron chi connectivity index (χ2n) is 7.39. The molecule has 0 bridgehead atoms. The van der Waals surface area contributed by atoms with Crippen LogP contribution in [0.1, 0.15) is 53.0 Å². The molecule has 0 saturated carbocycles. The number of hydrogen-bond donors (Lipinski definition) is 1. The topological polar surface area (TPSA) is 75.0 Å². The summed E-state index contributed by atoms with van der Waals surface area (Å²) in [6, 6.07) is 11.3. The highest BCUT2D eigenvalue weighted by Gasteiger charge is 2.25. The fraction of sp³-hybridized carbons (Fsp3) is 0.381. The monoisotopic (exact) mass is 383 g/mol. The van der Waals surface area contributed by atoms with Crippen LogP contribution < -0.4 is 5.32 Å². The second kappa shape index (κ2) is 8.08. The van der Waals surface area contributed by atoms with Gasteiger partial charge in [-0.25, -0.2) is 4.98 Å². The SMILES string of the molecule is CC(C)(COCc1ccccc1C#N)NC(=O)c1cc2c(nc1Cl)CCC2. The molecule has 0 aliphatic heterocycles. The summed E-state index contributed by atoms with van der Waals surface area (Å²) in [5.74, 6) is -0.256. The lowest BCUT2D eigenvalue weighted by Crippen LogP contribution is -2.47. The third-order valence-electron chi connectivity index (χ3n) is 4.56. The molecular formula is C21H22ClN3O2. The highest BCUT2D eigenvalue weighted by atomic mass is 35.5. The number of hydrogen-bond acceptors (Lipinski definition) is 4. The molecule has 0 fully saturated rings. The van der Waals surface area contributed by atoms with Crippen LogP contribution in [0.25, 0.3) is 0 Å². The van der Waals surface area contributed by atoms with Crippen molar-refractivity contribution in [2.45, 2.75) is 45.3 Å². The molecule has 3 rings (SSSR count). The molecule has 0 atom stereocenters. The van der Waals surface area contributed by atoms with Crippen molar-refractivity contribution >= 4 is 17.5 Å². The van der Waals surface area contributed by atoms with Crippen molar-refractivity contribution in [2.24, 2.45) is 0 Å². The molecule has 1 aromatic carbocycles. The molecule has 1 aliphatic carbocycles. The lowest BCUT2D eigenvalue weighted by molar-refractivity contribution is 0.0616. The minimum atomic E-state index is -0.596. The molecule has 0 unspecified atom stereocenters. The first-order valence-electron chi connectivity index (χ1n) is 8.96. The van der Waals surface area contributed by atoms with E-state index < -0.39 is 5.54 Å². The number of nitrogens with zero attached hydrogens (tertiary/aromatic N) is 2. The maximum atomic E-state index is 12.7. The Kier molecular flexibility index (Phi) is 5.79. The van der Waals surface area contributed by atoms with Gasteiger partial charge in [-0.15, -0.1) is 0 Å². The maximum absolute atomic E-state index is 12.7. The third-order valence-corrected chi connectivity index (χ3v) is 4.85. The van der Waals surface area contributed by atoms with E-state index in [0.29, 0.717) is 24.3 Å². The second-order valence-corrected chi connectivity index (χ2v) is 7.74. The fourth-order valence-corrected chi connectivity index (χ4v) is 3.43. The number of aromatic nitrogens is 1. The van der Waals surface area contributed by atoms with Crippen LogP contribution in [0.4, 0.5) is 0 Å². The standard InChI is InChI=1S/C21H22ClN3O2/c1-21(2,13-27-12-16-7-4-3-6-15(16)11-23)25-20(26)17-10-14-8-5-9-18(14)24-19(17)22/h3-4,6-7,10H,5,8-9,12-13H2,1-2H3,(H,25,26). The Morgan fingerprint density at radius 2 is 2.15 bits per heavy atom. The van der Waals surface area contributed by atoms with Crippen LogP contribution in [0, 0.1) is 11.3 Å². The highest BCUT2D eigenvalue weighted by molar-refractivity contribution is 6.32. The van der Waals surface area contributed by atoms with E-state index >= 15 is 0 Å². The average molecular weight is 384 g/mol. The van der Waals surface area contributed by atoms with E-state index in [0.717, 1.165) is 36.1 Å². The van der Waals surface area contributed by atoms with E-state index in [-0.39, 0.29) is 11.1 Å². The van der Waals surface area contributed by atoms with Crippen LogP contribution in [0.3, 0.4) is 0 Å². The molecule has 140 valence electrons. The largest absolute Gasteiger partial charge is 0.374 e. The predicted molar refractivity (Wildman–Crippen MR) is 104 cm³/mol. The molecule has 0 spiro atoms. The Labute approximate surface area is 164 Å². The van der Waals surface area contributed by atoms with Crippen molar-refractivity contribution in [3.05, 3.63) is 63.4 Å². The molecule has 27 heavy (non-hydrogen) atoms. The molecule has 6 heteroatoms. The molecule has 0 saturated heterocycles. The van der Waals surface area contributed by atoms with Crippen LogP contribution in [0.15, 0.2) is 30.3 Å². The van der Waals surface area contributed by atoms with Gasteiger partial charge in [0.1, 0.15) is 5.15 Å². The molecular weight excluding hydrogens is 362 g/mol. The minimum Gasteiger partial charge on any atom is -0.374 e. The molecule has 1 aromatic heterocycles. The van der Waals surface area contributed by atoms with E-state index in [1.54, 1.807) is 6.07 Å². The lowest BCUT2D eigenvalue weighted by atomic mass is 10.1. The zero-order valence-corrected chi connectivity index (χ0v) is 16.3. The van der Waals surface area contributed by atoms with Crippen LogP contribution in [0.5, 0.6) is 0 Å². The van der Waals surface area contributed by atoms with Crippen LogP contribution in [0.2, 0.25) is 5.15 Å². The average Bonchev–Trinajstić information content (AvgIpc) is 3.08. The number of benzene rings is 1. The Morgan fingerprint density at radius 1 is 1.37 bits per heavy atom. The molecule has 1 aliphatic rings. The fourth-order valence-electron chi connectivity index (χ4n) is 3.19. The van der Waals surface area contributed by atoms with Gasteiger partial charge in [0.15, 0.2) is 0 Å². The van der Waals surface area contributed by atoms with Gasteiger partial charge in [-0.05, 0) is 56.4 Å². The molecule has 0 radical (unpaired) electrons. The number of aryl methyl sites for hydroxylation is 2. The lowest BCUT2D eigenvalue weighted by Gasteiger charge is -2.26. The van der Waals surface area contributed by atoms with Gasteiger partial charge in [0.05, 0.1) is 35.9 Å². The van der Waals surface area contributed by atoms with Gasteiger partial charge in [0.2, 0.25) is 0 Å². The number of halogens is 1. The summed E-state index contributed by atoms with van der Waals surface area (Å²) in [6.45, 7) is 4.38. The molecule has 5 nitrogen and oxygen atoms in total. The first-order valence-corrected chi connectivity index (χ1v) is 9.34. The number of carbonyl (C=O) groups is 1. The summed E-state index contributed by atoms with van der Waals surface area (Å²) in [7, 11) is 0. The molecule has 1 N–H and O–H groups in total. The number of nitrogens with one attached hydrogen (secondary N) is 1. The summed E-state index contributed by atoms with van der Waals surface area (Å²) in [6.07, 6.45) is 2.90. The number of fused-ring (bicyclic) bond motifs is 1. The first-order chi connectivity index (χ1) is 12.9. The quantitative estimate of drug-likeness (QED) is 0.769. The van der Waals surface area contributed by atoms with E-state index in [9.17, 15) is 4.79 Å². The molecule has 2 aromatic rings. The Hall–Kier alpha value is -2.42. The van der Waals surface area contributed by atoms with E-state index in [1.807, 2.05) is 38.1 Å². The predicted octanol–water partition coefficient (Wildman–Crippen LogP) is 3.82. The zero-order valence-electron chi connectivity index (χ0n) is 15.5. The molecule has 1 amide bonds. The van der Waals surface area contributed by atoms with Crippen molar-refractivity contribution in [3.63, 3.8) is 0 Å². The van der Waals surface area contributed by atoms with Crippen LogP contribution >= 0.6 is 11.6 Å². The first kappa shape index (κ1) is 19.3. The smallest absolute Gasteiger partial charge is 0.254 e. The number of carbonyl (C=O) groups excluding carboxylic acids is 1. The van der Waals surface area contributed by atoms with Crippen LogP contribution in [-0.2, 0) is 24.2 Å². The number of ether oxygens (including phenoxy) is 1. The van der Waals surface area contributed by atoms with Crippen LogP contribution in [-0.4, -0.2) is 23.0 Å². The van der Waals surface area contributed by atoms with Gasteiger partial charge in [0, 0.05) is 5.69 Å². The van der Waals surface area contributed by atoms with Crippen molar-refractivity contribution in [2.75, 3.05) is 6.61 Å². The zero-order chi connectivity index (χ0) is 19.4. The Bertz CT molecular complexity index is 903. The Morgan fingerprint density at radius 3 is 2.93 bits per heavy atom. The van der Waals surface area contributed by atoms with Gasteiger partial charge >= 0.3 is 0 Å². The maximum Gasteiger partial charge on any atom is 0.254 e. The summed E-state index contributed by atoms with van der Waals surface area (Å²) < 4.78 is 5.75. The highest BCUT2D eigenvalue weighted by Crippen LogP contribution is 2.25. The van der Waals surface area contributed by atoms with Gasteiger partial charge in [0.25, 0.3) is 5.91 Å². The normalized spacial score (nSPS) is 13.1. The van der Waals surface area contributed by atoms with Crippen molar-refractivity contribution in [1.29, 1.82) is 5.26 Å². The third kappa shape index (κ3) is 4.65. The van der Waals surface area contributed by atoms with Gasteiger partial charge in [-0.1, -0.05) is 29.8 Å². The van der Waals surface area contributed by atoms with E-state index in [1.165, 1.54) is 0 Å². The molecule has 1 heterocycles. The van der Waals surface area contributed by atoms with Crippen molar-refractivity contribution in [1.82, 2.24) is 10.3 Å². The van der Waals surface area contributed by atoms with Gasteiger partial charge in [-0.2, -0.15) is 5.26 Å². The number of amides is 1. The summed E-state index contributed by atoms with van der Waals surface area (Å²) in [4.78, 5) is 17.0.